The molecule has 5 nitrogen and oxygen atoms in total. The third kappa shape index (κ3) is 4.55. The van der Waals surface area contributed by atoms with Crippen molar-refractivity contribution in [2.24, 2.45) is 0 Å². The Bertz CT molecular complexity index is 403. The molecule has 5 heteroatoms. The normalized spacial score (nSPS) is 9.71. The van der Waals surface area contributed by atoms with Gasteiger partial charge in [0.05, 0.1) is 7.11 Å². The number of hydrogen-bond acceptors (Lipinski definition) is 3. The van der Waals surface area contributed by atoms with Crippen LogP contribution in [0.15, 0.2) is 24.3 Å². The highest BCUT2D eigenvalue weighted by Crippen LogP contribution is 2.18. The zero-order valence-electron chi connectivity index (χ0n) is 9.60. The largest absolute Gasteiger partial charge is 0.496 e. The maximum Gasteiger partial charge on any atom is 0.322 e. The van der Waals surface area contributed by atoms with E-state index in [4.69, 9.17) is 9.84 Å². The number of aryl methyl sites for hydroxylation is 1. The Morgan fingerprint density at radius 3 is 2.71 bits per heavy atom. The van der Waals surface area contributed by atoms with Gasteiger partial charge in [0.2, 0.25) is 5.91 Å². The number of amides is 1. The molecule has 0 fully saturated rings. The third-order valence-electron chi connectivity index (χ3n) is 2.25. The van der Waals surface area contributed by atoms with E-state index in [-0.39, 0.29) is 18.9 Å². The Kier molecular flexibility index (Phi) is 5.00. The number of para-hydroxylation sites is 1. The highest BCUT2D eigenvalue weighted by Gasteiger charge is 2.06. The fourth-order valence-electron chi connectivity index (χ4n) is 1.42. The quantitative estimate of drug-likeness (QED) is 0.768. The van der Waals surface area contributed by atoms with Gasteiger partial charge in [-0.2, -0.15) is 0 Å². The van der Waals surface area contributed by atoms with Gasteiger partial charge < -0.3 is 15.2 Å². The molecule has 0 atom stereocenters. The fraction of sp³-hybridized carbons (Fsp3) is 0.333. The molecule has 0 heterocycles. The van der Waals surface area contributed by atoms with Crippen molar-refractivity contribution in [3.63, 3.8) is 0 Å². The number of carbonyl (C=O) groups excluding carboxylic acids is 1. The molecule has 1 rings (SSSR count). The molecule has 0 saturated heterocycles. The lowest BCUT2D eigenvalue weighted by Gasteiger charge is -2.07. The summed E-state index contributed by atoms with van der Waals surface area (Å²) in [6.07, 6.45) is 0.767. The smallest absolute Gasteiger partial charge is 0.322 e. The standard InChI is InChI=1S/C12H15NO4/c1-17-10-5-3-2-4-9(10)6-7-11(14)13-8-12(15)16/h2-5H,6-8H2,1H3,(H,13,14)(H,15,16). The molecule has 2 N–H and O–H groups in total. The molecule has 17 heavy (non-hydrogen) atoms. The van der Waals surface area contributed by atoms with Gasteiger partial charge in [0.1, 0.15) is 12.3 Å². The first-order valence-corrected chi connectivity index (χ1v) is 5.24. The van der Waals surface area contributed by atoms with Crippen molar-refractivity contribution in [1.29, 1.82) is 0 Å². The fourth-order valence-corrected chi connectivity index (χ4v) is 1.42. The predicted molar refractivity (Wildman–Crippen MR) is 62.0 cm³/mol. The van der Waals surface area contributed by atoms with Crippen LogP contribution in [0.3, 0.4) is 0 Å². The number of benzene rings is 1. The van der Waals surface area contributed by atoms with Crippen molar-refractivity contribution in [3.05, 3.63) is 29.8 Å². The van der Waals surface area contributed by atoms with Crippen LogP contribution in [0, 0.1) is 0 Å². The summed E-state index contributed by atoms with van der Waals surface area (Å²) in [6, 6.07) is 7.42. The summed E-state index contributed by atoms with van der Waals surface area (Å²) in [5.41, 5.74) is 0.931. The van der Waals surface area contributed by atoms with Crippen LogP contribution in [0.2, 0.25) is 0 Å². The summed E-state index contributed by atoms with van der Waals surface area (Å²) in [6.45, 7) is -0.343. The van der Waals surface area contributed by atoms with E-state index in [0.717, 1.165) is 11.3 Å². The lowest BCUT2D eigenvalue weighted by molar-refractivity contribution is -0.137. The van der Waals surface area contributed by atoms with Crippen molar-refractivity contribution in [2.45, 2.75) is 12.8 Å². The van der Waals surface area contributed by atoms with Crippen LogP contribution in [0.4, 0.5) is 0 Å². The average Bonchev–Trinajstić information content (AvgIpc) is 2.34. The Morgan fingerprint density at radius 1 is 1.35 bits per heavy atom. The summed E-state index contributed by atoms with van der Waals surface area (Å²) >= 11 is 0. The van der Waals surface area contributed by atoms with Crippen molar-refractivity contribution < 1.29 is 19.4 Å². The van der Waals surface area contributed by atoms with Crippen LogP contribution in [0.5, 0.6) is 5.75 Å². The van der Waals surface area contributed by atoms with Gasteiger partial charge in [-0.05, 0) is 18.1 Å². The molecule has 0 unspecified atom stereocenters. The lowest BCUT2D eigenvalue weighted by Crippen LogP contribution is -2.29. The number of ether oxygens (including phenoxy) is 1. The summed E-state index contributed by atoms with van der Waals surface area (Å²) < 4.78 is 5.15. The molecule has 1 aromatic rings. The van der Waals surface area contributed by atoms with E-state index in [0.29, 0.717) is 6.42 Å². The maximum absolute atomic E-state index is 11.3. The molecular weight excluding hydrogens is 222 g/mol. The highest BCUT2D eigenvalue weighted by molar-refractivity contribution is 5.81. The Labute approximate surface area is 99.4 Å². The van der Waals surface area contributed by atoms with Crippen molar-refractivity contribution in [3.8, 4) is 5.75 Å². The average molecular weight is 237 g/mol. The highest BCUT2D eigenvalue weighted by atomic mass is 16.5. The molecule has 0 aliphatic carbocycles. The van der Waals surface area contributed by atoms with E-state index in [1.54, 1.807) is 7.11 Å². The summed E-state index contributed by atoms with van der Waals surface area (Å²) in [4.78, 5) is 21.5. The molecule has 0 bridgehead atoms. The van der Waals surface area contributed by atoms with E-state index in [9.17, 15) is 9.59 Å². The van der Waals surface area contributed by atoms with Crippen LogP contribution < -0.4 is 10.1 Å². The van der Waals surface area contributed by atoms with E-state index >= 15 is 0 Å². The monoisotopic (exact) mass is 237 g/mol. The van der Waals surface area contributed by atoms with Gasteiger partial charge in [0, 0.05) is 6.42 Å². The van der Waals surface area contributed by atoms with Gasteiger partial charge >= 0.3 is 5.97 Å². The van der Waals surface area contributed by atoms with Gasteiger partial charge in [-0.1, -0.05) is 18.2 Å². The summed E-state index contributed by atoms with van der Waals surface area (Å²) in [5.74, 6) is -0.590. The zero-order chi connectivity index (χ0) is 12.7. The van der Waals surface area contributed by atoms with Gasteiger partial charge in [-0.25, -0.2) is 0 Å². The van der Waals surface area contributed by atoms with E-state index in [1.165, 1.54) is 0 Å². The van der Waals surface area contributed by atoms with Gasteiger partial charge in [0.25, 0.3) is 0 Å². The second-order valence-electron chi connectivity index (χ2n) is 3.48. The van der Waals surface area contributed by atoms with Gasteiger partial charge in [0.15, 0.2) is 0 Å². The van der Waals surface area contributed by atoms with E-state index in [2.05, 4.69) is 5.32 Å². The van der Waals surface area contributed by atoms with E-state index < -0.39 is 5.97 Å². The molecule has 0 spiro atoms. The first kappa shape index (κ1) is 13.0. The topological polar surface area (TPSA) is 75.6 Å². The Morgan fingerprint density at radius 2 is 2.06 bits per heavy atom. The number of carboxylic acids is 1. The van der Waals surface area contributed by atoms with Crippen molar-refractivity contribution in [1.82, 2.24) is 5.32 Å². The van der Waals surface area contributed by atoms with Crippen molar-refractivity contribution >= 4 is 11.9 Å². The number of hydrogen-bond donors (Lipinski definition) is 2. The summed E-state index contributed by atoms with van der Waals surface area (Å²) in [5, 5.41) is 10.7. The maximum atomic E-state index is 11.3. The van der Waals surface area contributed by atoms with Crippen LogP contribution in [-0.2, 0) is 16.0 Å². The zero-order valence-corrected chi connectivity index (χ0v) is 9.60. The molecule has 1 aromatic carbocycles. The first-order valence-electron chi connectivity index (χ1n) is 5.24. The predicted octanol–water partition coefficient (Wildman–Crippen LogP) is 0.829. The number of carbonyl (C=O) groups is 2. The Balaban J connectivity index is 2.44. The molecule has 0 aliphatic rings. The molecule has 0 radical (unpaired) electrons. The first-order chi connectivity index (χ1) is 8.13. The Hall–Kier alpha value is -2.04. The molecule has 0 saturated carbocycles. The lowest BCUT2D eigenvalue weighted by atomic mass is 10.1. The number of rotatable bonds is 6. The van der Waals surface area contributed by atoms with Gasteiger partial charge in [-0.3, -0.25) is 9.59 Å². The van der Waals surface area contributed by atoms with Crippen LogP contribution in [-0.4, -0.2) is 30.6 Å². The minimum Gasteiger partial charge on any atom is -0.496 e. The molecule has 0 aliphatic heterocycles. The van der Waals surface area contributed by atoms with Crippen LogP contribution in [0.1, 0.15) is 12.0 Å². The minimum atomic E-state index is -1.05. The minimum absolute atomic E-state index is 0.244. The van der Waals surface area contributed by atoms with Crippen LogP contribution >= 0.6 is 0 Å². The second-order valence-corrected chi connectivity index (χ2v) is 3.48. The van der Waals surface area contributed by atoms with E-state index in [1.807, 2.05) is 24.3 Å². The van der Waals surface area contributed by atoms with Crippen LogP contribution in [0.25, 0.3) is 0 Å². The molecule has 1 amide bonds. The summed E-state index contributed by atoms with van der Waals surface area (Å²) in [7, 11) is 1.57. The number of aliphatic carboxylic acids is 1. The number of nitrogens with one attached hydrogen (secondary N) is 1. The van der Waals surface area contributed by atoms with Gasteiger partial charge in [-0.15, -0.1) is 0 Å². The molecular formula is C12H15NO4. The third-order valence-corrected chi connectivity index (χ3v) is 2.25. The molecule has 92 valence electrons. The SMILES string of the molecule is COc1ccccc1CCC(=O)NCC(=O)O. The number of carboxylic acid groups (broad SMARTS) is 1. The molecule has 0 aromatic heterocycles. The van der Waals surface area contributed by atoms with Crippen molar-refractivity contribution in [2.75, 3.05) is 13.7 Å². The second kappa shape index (κ2) is 6.52. The number of methoxy groups -OCH3 is 1.